The molecule has 0 spiro atoms. The van der Waals surface area contributed by atoms with Crippen molar-refractivity contribution in [1.82, 2.24) is 0 Å². The molecule has 216 valence electrons. The lowest BCUT2D eigenvalue weighted by Crippen LogP contribution is -2.65. The Bertz CT molecular complexity index is 917. The van der Waals surface area contributed by atoms with Gasteiger partial charge in [0.25, 0.3) is 0 Å². The SMILES string of the molecule is CC1=CC(=O)CC(C)(C)C1/C=C/C(C)O[C@@H]1O[C@H](CO)[C@@H](O)[C@H](O)[C@H]1O[C@@H]1O[C@H](C(=O)O)[C@@H](O)[C@H](O)[C@H]1O. The maximum absolute atomic E-state index is 12.0. The summed E-state index contributed by atoms with van der Waals surface area (Å²) in [7, 11) is 0. The third-order valence-corrected chi connectivity index (χ3v) is 7.20. The van der Waals surface area contributed by atoms with Gasteiger partial charge in [0.1, 0.15) is 42.7 Å². The molecule has 2 aliphatic heterocycles. The van der Waals surface area contributed by atoms with Crippen molar-refractivity contribution >= 4 is 11.8 Å². The van der Waals surface area contributed by atoms with Crippen LogP contribution in [0.1, 0.15) is 34.1 Å². The van der Waals surface area contributed by atoms with Crippen LogP contribution in [0.4, 0.5) is 0 Å². The number of carbonyl (C=O) groups is 2. The lowest BCUT2D eigenvalue weighted by Gasteiger charge is -2.45. The predicted octanol–water partition coefficient (Wildman–Crippen LogP) is -1.77. The Morgan fingerprint density at radius 1 is 1.08 bits per heavy atom. The Balaban J connectivity index is 1.79. The number of hydrogen-bond donors (Lipinski definition) is 7. The zero-order valence-electron chi connectivity index (χ0n) is 21.7. The fourth-order valence-corrected chi connectivity index (χ4v) is 5.14. The number of hydrogen-bond acceptors (Lipinski definition) is 12. The summed E-state index contributed by atoms with van der Waals surface area (Å²) in [5.74, 6) is -1.63. The summed E-state index contributed by atoms with van der Waals surface area (Å²) < 4.78 is 22.2. The normalized spacial score (nSPS) is 42.6. The summed E-state index contributed by atoms with van der Waals surface area (Å²) in [5.41, 5.74) is 0.558. The van der Waals surface area contributed by atoms with Crippen LogP contribution in [0.25, 0.3) is 0 Å². The molecule has 0 aromatic rings. The van der Waals surface area contributed by atoms with E-state index >= 15 is 0 Å². The van der Waals surface area contributed by atoms with Crippen LogP contribution in [-0.4, -0.2) is 122 Å². The quantitative estimate of drug-likeness (QED) is 0.168. The Morgan fingerprint density at radius 3 is 2.32 bits per heavy atom. The number of allylic oxidation sites excluding steroid dienone is 3. The van der Waals surface area contributed by atoms with Gasteiger partial charge in [-0.25, -0.2) is 4.79 Å². The number of carbonyl (C=O) groups excluding carboxylic acids is 1. The molecule has 2 saturated heterocycles. The van der Waals surface area contributed by atoms with Crippen molar-refractivity contribution in [2.75, 3.05) is 6.61 Å². The second-order valence-corrected chi connectivity index (χ2v) is 10.8. The number of carboxylic acids is 1. The zero-order valence-corrected chi connectivity index (χ0v) is 21.7. The summed E-state index contributed by atoms with van der Waals surface area (Å²) >= 11 is 0. The lowest BCUT2D eigenvalue weighted by atomic mass is 9.68. The molecular formula is C25H38O13. The zero-order chi connectivity index (χ0) is 28.5. The molecule has 3 aliphatic rings. The molecule has 0 saturated carbocycles. The highest BCUT2D eigenvalue weighted by molar-refractivity contribution is 5.92. The van der Waals surface area contributed by atoms with Gasteiger partial charge in [0.05, 0.1) is 12.7 Å². The van der Waals surface area contributed by atoms with Crippen LogP contribution in [0.15, 0.2) is 23.8 Å². The number of rotatable bonds is 8. The van der Waals surface area contributed by atoms with Crippen LogP contribution in [0.3, 0.4) is 0 Å². The van der Waals surface area contributed by atoms with Crippen molar-refractivity contribution < 1.29 is 64.3 Å². The molecule has 2 fully saturated rings. The molecule has 13 heteroatoms. The third-order valence-electron chi connectivity index (χ3n) is 7.20. The topological polar surface area (TPSA) is 213 Å². The minimum absolute atomic E-state index is 0.0505. The monoisotopic (exact) mass is 546 g/mol. The van der Waals surface area contributed by atoms with Crippen LogP contribution in [0.5, 0.6) is 0 Å². The second kappa shape index (κ2) is 12.2. The Hall–Kier alpha value is -1.78. The van der Waals surface area contributed by atoms with E-state index in [0.717, 1.165) is 5.57 Å². The maximum Gasteiger partial charge on any atom is 0.335 e. The van der Waals surface area contributed by atoms with Gasteiger partial charge in [-0.2, -0.15) is 0 Å². The molecule has 0 aromatic carbocycles. The van der Waals surface area contributed by atoms with E-state index in [1.54, 1.807) is 19.1 Å². The summed E-state index contributed by atoms with van der Waals surface area (Å²) in [4.78, 5) is 23.4. The molecule has 2 heterocycles. The molecule has 3 rings (SSSR count). The average molecular weight is 547 g/mol. The van der Waals surface area contributed by atoms with E-state index in [-0.39, 0.29) is 17.1 Å². The summed E-state index contributed by atoms with van der Waals surface area (Å²) in [6, 6.07) is 0. The summed E-state index contributed by atoms with van der Waals surface area (Å²) in [5, 5.41) is 70.3. The molecule has 38 heavy (non-hydrogen) atoms. The fraction of sp³-hybridized carbons (Fsp3) is 0.760. The Labute approximate surface area is 219 Å². The molecule has 1 aliphatic carbocycles. The Kier molecular flexibility index (Phi) is 9.85. The van der Waals surface area contributed by atoms with Gasteiger partial charge in [-0.3, -0.25) is 4.79 Å². The smallest absolute Gasteiger partial charge is 0.335 e. The second-order valence-electron chi connectivity index (χ2n) is 10.8. The molecule has 0 aromatic heterocycles. The van der Waals surface area contributed by atoms with Gasteiger partial charge < -0.3 is 54.7 Å². The highest BCUT2D eigenvalue weighted by Crippen LogP contribution is 2.40. The van der Waals surface area contributed by atoms with Crippen LogP contribution in [0.2, 0.25) is 0 Å². The van der Waals surface area contributed by atoms with E-state index in [9.17, 15) is 45.3 Å². The predicted molar refractivity (Wildman–Crippen MR) is 127 cm³/mol. The van der Waals surface area contributed by atoms with E-state index in [1.807, 2.05) is 26.8 Å². The third kappa shape index (κ3) is 6.50. The highest BCUT2D eigenvalue weighted by Gasteiger charge is 2.52. The molecular weight excluding hydrogens is 508 g/mol. The first-order valence-electron chi connectivity index (χ1n) is 12.4. The van der Waals surface area contributed by atoms with Gasteiger partial charge in [-0.1, -0.05) is 31.6 Å². The van der Waals surface area contributed by atoms with E-state index in [0.29, 0.717) is 6.42 Å². The van der Waals surface area contributed by atoms with Gasteiger partial charge in [-0.15, -0.1) is 0 Å². The molecule has 0 radical (unpaired) electrons. The van der Waals surface area contributed by atoms with Gasteiger partial charge >= 0.3 is 5.97 Å². The van der Waals surface area contributed by atoms with Gasteiger partial charge in [0.2, 0.25) is 0 Å². The number of aliphatic hydroxyl groups is 6. The van der Waals surface area contributed by atoms with Crippen molar-refractivity contribution in [2.45, 2.75) is 102 Å². The highest BCUT2D eigenvalue weighted by atomic mass is 16.8. The van der Waals surface area contributed by atoms with E-state index in [4.69, 9.17) is 18.9 Å². The van der Waals surface area contributed by atoms with Crippen molar-refractivity contribution in [1.29, 1.82) is 0 Å². The van der Waals surface area contributed by atoms with Gasteiger partial charge in [-0.05, 0) is 25.3 Å². The number of aliphatic hydroxyl groups excluding tert-OH is 6. The number of ketones is 1. The van der Waals surface area contributed by atoms with Crippen LogP contribution < -0.4 is 0 Å². The van der Waals surface area contributed by atoms with E-state index in [2.05, 4.69) is 0 Å². The van der Waals surface area contributed by atoms with Gasteiger partial charge in [0, 0.05) is 12.3 Å². The minimum atomic E-state index is -1.95. The minimum Gasteiger partial charge on any atom is -0.479 e. The van der Waals surface area contributed by atoms with Crippen molar-refractivity contribution in [2.24, 2.45) is 11.3 Å². The number of aliphatic carboxylic acids is 1. The first kappa shape index (κ1) is 30.8. The molecule has 2 unspecified atom stereocenters. The maximum atomic E-state index is 12.0. The van der Waals surface area contributed by atoms with Crippen molar-refractivity contribution in [3.8, 4) is 0 Å². The summed E-state index contributed by atoms with van der Waals surface area (Å²) in [6.07, 6.45) is -12.3. The van der Waals surface area contributed by atoms with Crippen LogP contribution >= 0.6 is 0 Å². The van der Waals surface area contributed by atoms with Crippen LogP contribution in [0, 0.1) is 11.3 Å². The molecule has 0 bridgehead atoms. The van der Waals surface area contributed by atoms with Crippen LogP contribution in [-0.2, 0) is 28.5 Å². The molecule has 13 nitrogen and oxygen atoms in total. The first-order chi connectivity index (χ1) is 17.7. The fourth-order valence-electron chi connectivity index (χ4n) is 5.14. The largest absolute Gasteiger partial charge is 0.479 e. The van der Waals surface area contributed by atoms with Gasteiger partial charge in [0.15, 0.2) is 24.5 Å². The summed E-state index contributed by atoms with van der Waals surface area (Å²) in [6.45, 7) is 6.81. The first-order valence-corrected chi connectivity index (χ1v) is 12.4. The van der Waals surface area contributed by atoms with Crippen molar-refractivity contribution in [3.05, 3.63) is 23.8 Å². The molecule has 7 N–H and O–H groups in total. The lowest BCUT2D eigenvalue weighted by molar-refractivity contribution is -0.366. The molecule has 12 atom stereocenters. The van der Waals surface area contributed by atoms with Crippen molar-refractivity contribution in [3.63, 3.8) is 0 Å². The number of ether oxygens (including phenoxy) is 4. The molecule has 0 amide bonds. The standard InChI is InChI=1S/C25H38O13/c1-10-7-12(27)8-25(3,4)13(10)6-5-11(2)35-24-21(17(30)15(28)14(9-26)36-24)38-23-19(32)16(29)18(31)20(37-23)22(33)34/h5-7,11,13-21,23-24,26,28-32H,8-9H2,1-4H3,(H,33,34)/b6-5+/t11?,13?,14-,15-,16+,17+,18+,19-,20+,21-,23+,24-/m1/s1. The number of carboxylic acid groups (broad SMARTS) is 1. The van der Waals surface area contributed by atoms with E-state index in [1.165, 1.54) is 0 Å². The van der Waals surface area contributed by atoms with E-state index < -0.39 is 80.1 Å². The Morgan fingerprint density at radius 2 is 1.74 bits per heavy atom. The average Bonchev–Trinajstić information content (AvgIpc) is 2.81.